The van der Waals surface area contributed by atoms with E-state index in [-0.39, 0.29) is 25.0 Å². The molecule has 1 aromatic rings. The van der Waals surface area contributed by atoms with Crippen molar-refractivity contribution in [2.75, 3.05) is 25.0 Å². The van der Waals surface area contributed by atoms with Gasteiger partial charge in [0.1, 0.15) is 0 Å². The number of likely N-dealkylation sites (tertiary alicyclic amines) is 1. The summed E-state index contributed by atoms with van der Waals surface area (Å²) in [7, 11) is 0. The first-order valence-corrected chi connectivity index (χ1v) is 7.94. The van der Waals surface area contributed by atoms with Gasteiger partial charge in [0.2, 0.25) is 0 Å². The largest absolute Gasteiger partial charge is 0.463 e. The van der Waals surface area contributed by atoms with Crippen molar-refractivity contribution in [3.8, 4) is 0 Å². The lowest BCUT2D eigenvalue weighted by atomic mass is 9.91. The van der Waals surface area contributed by atoms with Gasteiger partial charge in [-0.05, 0) is 12.5 Å². The molecule has 21 heavy (non-hydrogen) atoms. The van der Waals surface area contributed by atoms with E-state index in [0.717, 1.165) is 5.56 Å². The summed E-state index contributed by atoms with van der Waals surface area (Å²) in [6.07, 6.45) is 0. The van der Waals surface area contributed by atoms with Gasteiger partial charge in [-0.1, -0.05) is 46.3 Å². The third-order valence-electron chi connectivity index (χ3n) is 3.69. The quantitative estimate of drug-likeness (QED) is 0.596. The fourth-order valence-corrected chi connectivity index (χ4v) is 3.20. The van der Waals surface area contributed by atoms with Gasteiger partial charge >= 0.3 is 5.97 Å². The van der Waals surface area contributed by atoms with Gasteiger partial charge in [0.25, 0.3) is 5.67 Å². The minimum absolute atomic E-state index is 0.0293. The van der Waals surface area contributed by atoms with E-state index in [9.17, 15) is 13.6 Å². The van der Waals surface area contributed by atoms with Gasteiger partial charge in [-0.25, -0.2) is 13.6 Å². The highest BCUT2D eigenvalue weighted by molar-refractivity contribution is 9.09. The zero-order chi connectivity index (χ0) is 15.5. The molecule has 1 fully saturated rings. The van der Waals surface area contributed by atoms with Crippen LogP contribution in [0.2, 0.25) is 0 Å². The SMILES string of the molecule is CCOC(=O)[C@]1(F)CN(Cc2ccccc2)C[C@]1(F)CBr. The van der Waals surface area contributed by atoms with Crippen LogP contribution in [0, 0.1) is 0 Å². The van der Waals surface area contributed by atoms with Gasteiger partial charge in [0, 0.05) is 25.0 Å². The van der Waals surface area contributed by atoms with Crippen molar-refractivity contribution in [2.24, 2.45) is 0 Å². The lowest BCUT2D eigenvalue weighted by molar-refractivity contribution is -0.164. The Labute approximate surface area is 131 Å². The van der Waals surface area contributed by atoms with Crippen LogP contribution in [0.4, 0.5) is 8.78 Å². The summed E-state index contributed by atoms with van der Waals surface area (Å²) in [6, 6.07) is 9.38. The third kappa shape index (κ3) is 3.11. The topological polar surface area (TPSA) is 29.5 Å². The molecule has 0 spiro atoms. The van der Waals surface area contributed by atoms with Crippen molar-refractivity contribution < 1.29 is 18.3 Å². The summed E-state index contributed by atoms with van der Waals surface area (Å²) < 4.78 is 34.5. The molecule has 0 saturated carbocycles. The molecule has 0 aliphatic carbocycles. The van der Waals surface area contributed by atoms with Gasteiger partial charge in [-0.15, -0.1) is 0 Å². The second kappa shape index (κ2) is 6.40. The van der Waals surface area contributed by atoms with Crippen LogP contribution in [0.1, 0.15) is 12.5 Å². The Morgan fingerprint density at radius 1 is 1.33 bits per heavy atom. The molecule has 0 radical (unpaired) electrons. The molecular formula is C15H18BrF2NO2. The molecular weight excluding hydrogens is 344 g/mol. The molecule has 0 bridgehead atoms. The Morgan fingerprint density at radius 2 is 2.00 bits per heavy atom. The first-order chi connectivity index (χ1) is 9.95. The molecule has 1 aliphatic heterocycles. The summed E-state index contributed by atoms with van der Waals surface area (Å²) in [5.41, 5.74) is -3.97. The molecule has 0 unspecified atom stereocenters. The maximum Gasteiger partial charge on any atom is 0.348 e. The van der Waals surface area contributed by atoms with E-state index in [1.165, 1.54) is 0 Å². The number of alkyl halides is 3. The Kier molecular flexibility index (Phi) is 4.99. The van der Waals surface area contributed by atoms with E-state index in [0.29, 0.717) is 6.54 Å². The fraction of sp³-hybridized carbons (Fsp3) is 0.533. The molecule has 1 aromatic carbocycles. The molecule has 116 valence electrons. The minimum Gasteiger partial charge on any atom is -0.463 e. The van der Waals surface area contributed by atoms with Crippen LogP contribution in [0.25, 0.3) is 0 Å². The lowest BCUT2D eigenvalue weighted by Crippen LogP contribution is -2.54. The predicted molar refractivity (Wildman–Crippen MR) is 79.8 cm³/mol. The average molecular weight is 362 g/mol. The standard InChI is InChI=1S/C15H18BrF2NO2/c1-2-21-13(20)15(18)11-19(10-14(15,17)9-16)8-12-6-4-3-5-7-12/h3-7H,2,8-11H2,1H3/t14-,15-/m1/s1. The van der Waals surface area contributed by atoms with Gasteiger partial charge in [-0.2, -0.15) is 0 Å². The predicted octanol–water partition coefficient (Wildman–Crippen LogP) is 2.88. The lowest BCUT2D eigenvalue weighted by Gasteiger charge is -2.28. The Hall–Kier alpha value is -1.01. The summed E-state index contributed by atoms with van der Waals surface area (Å²) in [5.74, 6) is -1.12. The molecule has 1 saturated heterocycles. The molecule has 6 heteroatoms. The van der Waals surface area contributed by atoms with E-state index >= 15 is 0 Å². The second-order valence-corrected chi connectivity index (χ2v) is 5.81. The Morgan fingerprint density at radius 3 is 2.57 bits per heavy atom. The van der Waals surface area contributed by atoms with Crippen LogP contribution in [0.5, 0.6) is 0 Å². The van der Waals surface area contributed by atoms with Crippen LogP contribution in [-0.2, 0) is 16.1 Å². The van der Waals surface area contributed by atoms with E-state index < -0.39 is 17.3 Å². The van der Waals surface area contributed by atoms with Crippen LogP contribution in [-0.4, -0.2) is 47.2 Å². The van der Waals surface area contributed by atoms with Gasteiger partial charge in [0.05, 0.1) is 6.61 Å². The maximum absolute atomic E-state index is 15.0. The zero-order valence-corrected chi connectivity index (χ0v) is 13.4. The highest BCUT2D eigenvalue weighted by Crippen LogP contribution is 2.41. The molecule has 1 heterocycles. The third-order valence-corrected chi connectivity index (χ3v) is 4.57. The summed E-state index contributed by atoms with van der Waals surface area (Å²) in [5, 5.41) is -0.249. The van der Waals surface area contributed by atoms with Crippen molar-refractivity contribution in [3.05, 3.63) is 35.9 Å². The minimum atomic E-state index is -2.64. The summed E-state index contributed by atoms with van der Waals surface area (Å²) in [6.45, 7) is 1.55. The number of carbonyl (C=O) groups excluding carboxylic acids is 1. The number of nitrogens with zero attached hydrogens (tertiary/aromatic N) is 1. The van der Waals surface area contributed by atoms with Gasteiger partial charge in [-0.3, -0.25) is 4.90 Å². The van der Waals surface area contributed by atoms with E-state index in [4.69, 9.17) is 4.74 Å². The number of hydrogen-bond donors (Lipinski definition) is 0. The van der Waals surface area contributed by atoms with E-state index in [1.807, 2.05) is 30.3 Å². The van der Waals surface area contributed by atoms with E-state index in [1.54, 1.807) is 11.8 Å². The summed E-state index contributed by atoms with van der Waals surface area (Å²) >= 11 is 2.99. The first-order valence-electron chi connectivity index (χ1n) is 6.82. The average Bonchev–Trinajstić information content (AvgIpc) is 2.73. The normalized spacial score (nSPS) is 29.5. The highest BCUT2D eigenvalue weighted by atomic mass is 79.9. The molecule has 0 amide bonds. The highest BCUT2D eigenvalue weighted by Gasteiger charge is 2.65. The fourth-order valence-electron chi connectivity index (χ4n) is 2.58. The van der Waals surface area contributed by atoms with Crippen molar-refractivity contribution in [2.45, 2.75) is 24.8 Å². The van der Waals surface area contributed by atoms with Crippen LogP contribution in [0.15, 0.2) is 30.3 Å². The van der Waals surface area contributed by atoms with E-state index in [2.05, 4.69) is 15.9 Å². The molecule has 0 N–H and O–H groups in total. The van der Waals surface area contributed by atoms with Crippen LogP contribution >= 0.6 is 15.9 Å². The second-order valence-electron chi connectivity index (χ2n) is 5.25. The number of rotatable bonds is 5. The monoisotopic (exact) mass is 361 g/mol. The van der Waals surface area contributed by atoms with Crippen LogP contribution < -0.4 is 0 Å². The van der Waals surface area contributed by atoms with Crippen molar-refractivity contribution in [1.82, 2.24) is 4.90 Å². The number of hydrogen-bond acceptors (Lipinski definition) is 3. The van der Waals surface area contributed by atoms with Gasteiger partial charge < -0.3 is 4.74 Å². The maximum atomic E-state index is 15.0. The number of carbonyl (C=O) groups is 1. The Balaban J connectivity index is 2.17. The van der Waals surface area contributed by atoms with Crippen LogP contribution in [0.3, 0.4) is 0 Å². The zero-order valence-electron chi connectivity index (χ0n) is 11.8. The van der Waals surface area contributed by atoms with Crippen molar-refractivity contribution in [1.29, 1.82) is 0 Å². The number of halogens is 3. The van der Waals surface area contributed by atoms with Crippen molar-refractivity contribution >= 4 is 21.9 Å². The number of ether oxygens (including phenoxy) is 1. The molecule has 2 atom stereocenters. The number of esters is 1. The molecule has 0 aromatic heterocycles. The molecule has 2 rings (SSSR count). The Bertz CT molecular complexity index is 502. The van der Waals surface area contributed by atoms with Crippen molar-refractivity contribution in [3.63, 3.8) is 0 Å². The number of benzene rings is 1. The molecule has 3 nitrogen and oxygen atoms in total. The molecule has 1 aliphatic rings. The first kappa shape index (κ1) is 16.4. The summed E-state index contributed by atoms with van der Waals surface area (Å²) in [4.78, 5) is 13.5. The smallest absolute Gasteiger partial charge is 0.348 e. The van der Waals surface area contributed by atoms with Gasteiger partial charge in [0.15, 0.2) is 5.67 Å².